The number of pyridine rings is 1. The van der Waals surface area contributed by atoms with Crippen LogP contribution in [0.15, 0.2) is 6.07 Å². The summed E-state index contributed by atoms with van der Waals surface area (Å²) in [4.78, 5) is 15.7. The first kappa shape index (κ1) is 16.6. The van der Waals surface area contributed by atoms with Crippen LogP contribution in [-0.2, 0) is 10.4 Å². The molecule has 0 aromatic carbocycles. The lowest BCUT2D eigenvalue weighted by molar-refractivity contribution is -0.0784. The van der Waals surface area contributed by atoms with Gasteiger partial charge in [-0.1, -0.05) is 0 Å². The number of rotatable bonds is 3. The van der Waals surface area contributed by atoms with Crippen LogP contribution >= 0.6 is 0 Å². The molecule has 1 aliphatic carbocycles. The van der Waals surface area contributed by atoms with Crippen LogP contribution in [0.25, 0.3) is 0 Å². The quantitative estimate of drug-likeness (QED) is 0.867. The molecule has 122 valence electrons. The van der Waals surface area contributed by atoms with Gasteiger partial charge in [0.1, 0.15) is 11.4 Å². The van der Waals surface area contributed by atoms with Crippen LogP contribution in [0.5, 0.6) is 0 Å². The number of nitrogen functional groups attached to an aromatic ring is 1. The molecule has 0 bridgehead atoms. The summed E-state index contributed by atoms with van der Waals surface area (Å²) in [7, 11) is 0. The smallest absolute Gasteiger partial charge is 0.342 e. The second-order valence-electron chi connectivity index (χ2n) is 5.63. The van der Waals surface area contributed by atoms with Crippen molar-refractivity contribution < 1.29 is 22.7 Å². The second kappa shape index (κ2) is 5.78. The Balaban J connectivity index is 2.32. The summed E-state index contributed by atoms with van der Waals surface area (Å²) in [6.45, 7) is 3.43. The third kappa shape index (κ3) is 3.18. The number of aromatic nitrogens is 1. The topological polar surface area (TPSA) is 65.2 Å². The van der Waals surface area contributed by atoms with Crippen molar-refractivity contribution in [1.29, 1.82) is 0 Å². The SMILES string of the molecule is CCOC(=O)c1c(C)cc(C2(F)CCC(F)(F)CC2)nc1N. The molecule has 0 unspecified atom stereocenters. The molecule has 0 saturated heterocycles. The van der Waals surface area contributed by atoms with Crippen molar-refractivity contribution in [3.8, 4) is 0 Å². The maximum Gasteiger partial charge on any atom is 0.342 e. The largest absolute Gasteiger partial charge is 0.462 e. The predicted octanol–water partition coefficient (Wildman–Crippen LogP) is 3.52. The van der Waals surface area contributed by atoms with Gasteiger partial charge < -0.3 is 10.5 Å². The molecule has 4 nitrogen and oxygen atoms in total. The number of carbonyl (C=O) groups is 1. The molecule has 0 radical (unpaired) electrons. The van der Waals surface area contributed by atoms with Crippen LogP contribution in [0.3, 0.4) is 0 Å². The van der Waals surface area contributed by atoms with Gasteiger partial charge >= 0.3 is 5.97 Å². The van der Waals surface area contributed by atoms with Crippen LogP contribution in [0, 0.1) is 6.92 Å². The van der Waals surface area contributed by atoms with Gasteiger partial charge in [0.25, 0.3) is 0 Å². The normalized spacial score (nSPS) is 19.7. The number of halogens is 3. The van der Waals surface area contributed by atoms with E-state index in [4.69, 9.17) is 10.5 Å². The number of esters is 1. The van der Waals surface area contributed by atoms with E-state index in [1.165, 1.54) is 6.07 Å². The number of carbonyl (C=O) groups excluding carboxylic acids is 1. The lowest BCUT2D eigenvalue weighted by atomic mass is 9.81. The summed E-state index contributed by atoms with van der Waals surface area (Å²) in [6.07, 6.45) is -1.68. The van der Waals surface area contributed by atoms with Crippen molar-refractivity contribution >= 4 is 11.8 Å². The molecule has 22 heavy (non-hydrogen) atoms. The van der Waals surface area contributed by atoms with Crippen LogP contribution in [0.4, 0.5) is 19.0 Å². The van der Waals surface area contributed by atoms with E-state index in [9.17, 15) is 18.0 Å². The summed E-state index contributed by atoms with van der Waals surface area (Å²) in [5, 5.41) is 0. The van der Waals surface area contributed by atoms with Gasteiger partial charge in [-0.25, -0.2) is 22.9 Å². The highest BCUT2D eigenvalue weighted by Crippen LogP contribution is 2.46. The number of anilines is 1. The van der Waals surface area contributed by atoms with Crippen molar-refractivity contribution in [2.24, 2.45) is 0 Å². The zero-order valence-corrected chi connectivity index (χ0v) is 12.6. The third-order valence-electron chi connectivity index (χ3n) is 3.96. The van der Waals surface area contributed by atoms with Crippen LogP contribution in [0.1, 0.15) is 54.2 Å². The standard InChI is InChI=1S/C15H19F3N2O2/c1-3-22-13(21)11-9(2)8-10(20-12(11)19)14(16)4-6-15(17,18)7-5-14/h8H,3-7H2,1-2H3,(H2,19,20). The number of ether oxygens (including phenoxy) is 1. The van der Waals surface area contributed by atoms with E-state index >= 15 is 0 Å². The summed E-state index contributed by atoms with van der Waals surface area (Å²) >= 11 is 0. The zero-order valence-electron chi connectivity index (χ0n) is 12.6. The summed E-state index contributed by atoms with van der Waals surface area (Å²) in [6, 6.07) is 1.39. The predicted molar refractivity (Wildman–Crippen MR) is 75.5 cm³/mol. The molecule has 2 rings (SSSR count). The zero-order chi connectivity index (χ0) is 16.5. The van der Waals surface area contributed by atoms with Gasteiger partial charge in [-0.15, -0.1) is 0 Å². The van der Waals surface area contributed by atoms with Gasteiger partial charge in [-0.3, -0.25) is 0 Å². The lowest BCUT2D eigenvalue weighted by Crippen LogP contribution is -2.34. The Bertz CT molecular complexity index is 557. The molecule has 1 aliphatic rings. The van der Waals surface area contributed by atoms with Gasteiger partial charge in [-0.2, -0.15) is 0 Å². The van der Waals surface area contributed by atoms with E-state index in [1.807, 2.05) is 0 Å². The van der Waals surface area contributed by atoms with Gasteiger partial charge in [0.05, 0.1) is 12.3 Å². The minimum Gasteiger partial charge on any atom is -0.462 e. The Hall–Kier alpha value is -1.79. The Morgan fingerprint density at radius 2 is 1.91 bits per heavy atom. The molecule has 1 saturated carbocycles. The van der Waals surface area contributed by atoms with Gasteiger partial charge in [0.2, 0.25) is 5.92 Å². The molecule has 0 atom stereocenters. The van der Waals surface area contributed by atoms with Crippen LogP contribution in [-0.4, -0.2) is 23.5 Å². The van der Waals surface area contributed by atoms with E-state index in [2.05, 4.69) is 4.98 Å². The monoisotopic (exact) mass is 316 g/mol. The number of alkyl halides is 3. The van der Waals surface area contributed by atoms with Crippen molar-refractivity contribution in [2.45, 2.75) is 51.1 Å². The maximum absolute atomic E-state index is 14.9. The highest BCUT2D eigenvalue weighted by Gasteiger charge is 2.46. The molecule has 2 N–H and O–H groups in total. The molecule has 1 aromatic rings. The van der Waals surface area contributed by atoms with Crippen molar-refractivity contribution in [3.63, 3.8) is 0 Å². The average molecular weight is 316 g/mol. The number of nitrogens with zero attached hydrogens (tertiary/aromatic N) is 1. The van der Waals surface area contributed by atoms with Gasteiger partial charge in [0.15, 0.2) is 5.67 Å². The van der Waals surface area contributed by atoms with E-state index in [1.54, 1.807) is 13.8 Å². The highest BCUT2D eigenvalue weighted by atomic mass is 19.3. The highest BCUT2D eigenvalue weighted by molar-refractivity contribution is 5.95. The van der Waals surface area contributed by atoms with E-state index < -0.39 is 30.4 Å². The molecule has 1 heterocycles. The van der Waals surface area contributed by atoms with Crippen LogP contribution < -0.4 is 5.73 Å². The number of hydrogen-bond acceptors (Lipinski definition) is 4. The molecule has 0 aliphatic heterocycles. The number of hydrogen-bond donors (Lipinski definition) is 1. The van der Waals surface area contributed by atoms with E-state index in [0.717, 1.165) is 0 Å². The summed E-state index contributed by atoms with van der Waals surface area (Å²) in [5.41, 5.74) is 4.33. The lowest BCUT2D eigenvalue weighted by Gasteiger charge is -2.33. The molecule has 7 heteroatoms. The third-order valence-corrected chi connectivity index (χ3v) is 3.96. The molecule has 1 fully saturated rings. The molecular formula is C15H19F3N2O2. The first-order valence-corrected chi connectivity index (χ1v) is 7.20. The van der Waals surface area contributed by atoms with E-state index in [0.29, 0.717) is 5.56 Å². The second-order valence-corrected chi connectivity index (χ2v) is 5.63. The summed E-state index contributed by atoms with van der Waals surface area (Å²) < 4.78 is 46.2. The molecular weight excluding hydrogens is 297 g/mol. The average Bonchev–Trinajstić information content (AvgIpc) is 2.42. The summed E-state index contributed by atoms with van der Waals surface area (Å²) in [5.74, 6) is -3.59. The van der Waals surface area contributed by atoms with E-state index in [-0.39, 0.29) is 36.5 Å². The number of aryl methyl sites for hydroxylation is 1. The molecule has 0 spiro atoms. The van der Waals surface area contributed by atoms with Crippen LogP contribution in [0.2, 0.25) is 0 Å². The van der Waals surface area contributed by atoms with Gasteiger partial charge in [0, 0.05) is 12.8 Å². The van der Waals surface area contributed by atoms with Crippen molar-refractivity contribution in [2.75, 3.05) is 12.3 Å². The fraction of sp³-hybridized carbons (Fsp3) is 0.600. The Morgan fingerprint density at radius 3 is 2.41 bits per heavy atom. The van der Waals surface area contributed by atoms with Crippen molar-refractivity contribution in [1.82, 2.24) is 4.98 Å². The molecule has 0 amide bonds. The fourth-order valence-corrected chi connectivity index (χ4v) is 2.66. The first-order chi connectivity index (χ1) is 10.2. The van der Waals surface area contributed by atoms with Crippen molar-refractivity contribution in [3.05, 3.63) is 22.9 Å². The molecule has 1 aromatic heterocycles. The first-order valence-electron chi connectivity index (χ1n) is 7.20. The number of nitrogens with two attached hydrogens (primary N) is 1. The Morgan fingerprint density at radius 1 is 1.32 bits per heavy atom. The minimum atomic E-state index is -2.83. The Kier molecular flexibility index (Phi) is 4.35. The minimum absolute atomic E-state index is 0.00560. The Labute approximate surface area is 126 Å². The fourth-order valence-electron chi connectivity index (χ4n) is 2.66. The maximum atomic E-state index is 14.9. The van der Waals surface area contributed by atoms with Gasteiger partial charge in [-0.05, 0) is 38.3 Å².